The van der Waals surface area contributed by atoms with E-state index in [1.54, 1.807) is 43.4 Å². The Morgan fingerprint density at radius 3 is 2.33 bits per heavy atom. The summed E-state index contributed by atoms with van der Waals surface area (Å²) in [5.41, 5.74) is 6.78. The highest BCUT2D eigenvalue weighted by atomic mass is 32.1. The fourth-order valence-corrected chi connectivity index (χ4v) is 2.31. The fourth-order valence-electron chi connectivity index (χ4n) is 2.16. The van der Waals surface area contributed by atoms with E-state index in [1.165, 1.54) is 6.07 Å². The van der Waals surface area contributed by atoms with E-state index in [4.69, 9.17) is 18.0 Å². The van der Waals surface area contributed by atoms with E-state index in [0.29, 0.717) is 24.2 Å². The maximum atomic E-state index is 14.2. The molecular weight excluding hydrogens is 290 g/mol. The zero-order valence-electron chi connectivity index (χ0n) is 11.6. The highest BCUT2D eigenvalue weighted by Crippen LogP contribution is 2.16. The molecule has 0 saturated carbocycles. The lowest BCUT2D eigenvalue weighted by molar-refractivity contribution is 0.308. The number of halogens is 2. The third-order valence-electron chi connectivity index (χ3n) is 3.18. The van der Waals surface area contributed by atoms with Gasteiger partial charge in [0.25, 0.3) is 0 Å². The fraction of sp³-hybridized carbons (Fsp3) is 0.188. The highest BCUT2D eigenvalue weighted by molar-refractivity contribution is 7.80. The van der Waals surface area contributed by atoms with Crippen LogP contribution in [0.15, 0.2) is 42.5 Å². The lowest BCUT2D eigenvalue weighted by Gasteiger charge is -2.18. The molecule has 0 aromatic heterocycles. The van der Waals surface area contributed by atoms with E-state index >= 15 is 0 Å². The molecule has 0 aliphatic heterocycles. The second-order valence-corrected chi connectivity index (χ2v) is 5.35. The van der Waals surface area contributed by atoms with Gasteiger partial charge in [0.15, 0.2) is 0 Å². The van der Waals surface area contributed by atoms with Crippen molar-refractivity contribution in [3.05, 3.63) is 70.8 Å². The van der Waals surface area contributed by atoms with Gasteiger partial charge in [-0.1, -0.05) is 42.5 Å². The largest absolute Gasteiger partial charge is 0.389 e. The first-order chi connectivity index (χ1) is 9.99. The van der Waals surface area contributed by atoms with Gasteiger partial charge in [-0.2, -0.15) is 0 Å². The molecular formula is C16H16F2N2S. The van der Waals surface area contributed by atoms with Crippen LogP contribution in [0.5, 0.6) is 0 Å². The number of nitrogens with two attached hydrogens (primary N) is 1. The summed E-state index contributed by atoms with van der Waals surface area (Å²) < 4.78 is 27.8. The number of benzene rings is 2. The molecule has 5 heteroatoms. The Bertz CT molecular complexity index is 658. The van der Waals surface area contributed by atoms with Gasteiger partial charge < -0.3 is 5.73 Å². The molecule has 0 heterocycles. The van der Waals surface area contributed by atoms with Crippen molar-refractivity contribution in [2.24, 2.45) is 5.73 Å². The smallest absolute Gasteiger partial charge is 0.137 e. The van der Waals surface area contributed by atoms with Gasteiger partial charge in [-0.3, -0.25) is 4.90 Å². The number of hydrogen-bond acceptors (Lipinski definition) is 2. The molecule has 0 atom stereocenters. The molecule has 2 aromatic carbocycles. The zero-order chi connectivity index (χ0) is 15.4. The van der Waals surface area contributed by atoms with Crippen LogP contribution in [0.4, 0.5) is 8.78 Å². The summed E-state index contributed by atoms with van der Waals surface area (Å²) in [7, 11) is 1.80. The van der Waals surface area contributed by atoms with Crippen molar-refractivity contribution in [2.75, 3.05) is 7.05 Å². The van der Waals surface area contributed by atoms with Crippen LogP contribution in [0.2, 0.25) is 0 Å². The van der Waals surface area contributed by atoms with Gasteiger partial charge in [-0.05, 0) is 19.2 Å². The third-order valence-corrected chi connectivity index (χ3v) is 3.40. The average molecular weight is 306 g/mol. The van der Waals surface area contributed by atoms with Crippen molar-refractivity contribution < 1.29 is 8.78 Å². The first-order valence-corrected chi connectivity index (χ1v) is 6.89. The molecule has 0 fully saturated rings. The summed E-state index contributed by atoms with van der Waals surface area (Å²) in [5, 5.41) is 0. The Morgan fingerprint density at radius 2 is 1.67 bits per heavy atom. The number of thiocarbonyl (C=S) groups is 1. The molecule has 0 unspecified atom stereocenters. The molecule has 0 saturated heterocycles. The second-order valence-electron chi connectivity index (χ2n) is 4.91. The SMILES string of the molecule is CN(Cc1ccccc1F)Cc1cccc(C(N)=S)c1F. The van der Waals surface area contributed by atoms with Crippen molar-refractivity contribution in [2.45, 2.75) is 13.1 Å². The normalized spacial score (nSPS) is 10.9. The summed E-state index contributed by atoms with van der Waals surface area (Å²) >= 11 is 4.82. The van der Waals surface area contributed by atoms with Crippen LogP contribution in [-0.2, 0) is 13.1 Å². The molecule has 0 aliphatic carbocycles. The minimum absolute atomic E-state index is 0.0334. The molecule has 2 nitrogen and oxygen atoms in total. The molecule has 0 radical (unpaired) electrons. The third kappa shape index (κ3) is 3.83. The second kappa shape index (κ2) is 6.74. The van der Waals surface area contributed by atoms with Crippen LogP contribution in [0.1, 0.15) is 16.7 Å². The standard InChI is InChI=1S/C16H16F2N2S/c1-20(9-11-5-2-3-8-14(11)17)10-12-6-4-7-13(15(12)18)16(19)21/h2-8H,9-10H2,1H3,(H2,19,21). The minimum atomic E-state index is -0.412. The zero-order valence-corrected chi connectivity index (χ0v) is 12.5. The van der Waals surface area contributed by atoms with Crippen LogP contribution in [0, 0.1) is 11.6 Å². The first-order valence-electron chi connectivity index (χ1n) is 6.48. The van der Waals surface area contributed by atoms with Gasteiger partial charge in [-0.25, -0.2) is 8.78 Å². The van der Waals surface area contributed by atoms with Crippen molar-refractivity contribution in [3.63, 3.8) is 0 Å². The van der Waals surface area contributed by atoms with Gasteiger partial charge in [0.1, 0.15) is 16.6 Å². The summed E-state index contributed by atoms with van der Waals surface area (Å²) in [4.78, 5) is 1.87. The monoisotopic (exact) mass is 306 g/mol. The van der Waals surface area contributed by atoms with Crippen molar-refractivity contribution in [1.82, 2.24) is 4.90 Å². The molecule has 0 amide bonds. The predicted molar refractivity (Wildman–Crippen MR) is 83.9 cm³/mol. The Hall–Kier alpha value is -1.85. The molecule has 2 aromatic rings. The van der Waals surface area contributed by atoms with E-state index in [0.717, 1.165) is 0 Å². The van der Waals surface area contributed by atoms with Crippen LogP contribution >= 0.6 is 12.2 Å². The maximum Gasteiger partial charge on any atom is 0.137 e. The van der Waals surface area contributed by atoms with Gasteiger partial charge in [0, 0.05) is 29.8 Å². The van der Waals surface area contributed by atoms with E-state index in [1.807, 2.05) is 4.90 Å². The molecule has 0 aliphatic rings. The molecule has 2 rings (SSSR count). The Labute approximate surface area is 128 Å². The topological polar surface area (TPSA) is 29.3 Å². The van der Waals surface area contributed by atoms with E-state index in [9.17, 15) is 8.78 Å². The van der Waals surface area contributed by atoms with Gasteiger partial charge in [-0.15, -0.1) is 0 Å². The molecule has 110 valence electrons. The van der Waals surface area contributed by atoms with Crippen molar-refractivity contribution in [3.8, 4) is 0 Å². The van der Waals surface area contributed by atoms with E-state index in [2.05, 4.69) is 0 Å². The van der Waals surface area contributed by atoms with Gasteiger partial charge in [0.2, 0.25) is 0 Å². The van der Waals surface area contributed by atoms with Crippen LogP contribution in [-0.4, -0.2) is 16.9 Å². The Morgan fingerprint density at radius 1 is 1.05 bits per heavy atom. The molecule has 0 spiro atoms. The van der Waals surface area contributed by atoms with Gasteiger partial charge in [0.05, 0.1) is 0 Å². The van der Waals surface area contributed by atoms with Crippen LogP contribution in [0.3, 0.4) is 0 Å². The lowest BCUT2D eigenvalue weighted by atomic mass is 10.1. The number of rotatable bonds is 5. The molecule has 0 bridgehead atoms. The van der Waals surface area contributed by atoms with Crippen molar-refractivity contribution >= 4 is 17.2 Å². The van der Waals surface area contributed by atoms with Crippen LogP contribution < -0.4 is 5.73 Å². The molecule has 21 heavy (non-hydrogen) atoms. The maximum absolute atomic E-state index is 14.2. The summed E-state index contributed by atoms with van der Waals surface area (Å²) in [5.74, 6) is -0.674. The van der Waals surface area contributed by atoms with E-state index < -0.39 is 5.82 Å². The quantitative estimate of drug-likeness (QED) is 0.860. The Balaban J connectivity index is 2.13. The summed E-state index contributed by atoms with van der Waals surface area (Å²) in [6.07, 6.45) is 0. The molecule has 2 N–H and O–H groups in total. The highest BCUT2D eigenvalue weighted by Gasteiger charge is 2.12. The Kier molecular flexibility index (Phi) is 4.98. The first kappa shape index (κ1) is 15.5. The van der Waals surface area contributed by atoms with Gasteiger partial charge >= 0.3 is 0 Å². The van der Waals surface area contributed by atoms with Crippen molar-refractivity contribution in [1.29, 1.82) is 0 Å². The lowest BCUT2D eigenvalue weighted by Crippen LogP contribution is -2.20. The van der Waals surface area contributed by atoms with Crippen LogP contribution in [0.25, 0.3) is 0 Å². The predicted octanol–water partition coefficient (Wildman–Crippen LogP) is 3.23. The average Bonchev–Trinajstić information content (AvgIpc) is 2.43. The summed E-state index contributed by atoms with van der Waals surface area (Å²) in [6.45, 7) is 0.736. The number of hydrogen-bond donors (Lipinski definition) is 1. The van der Waals surface area contributed by atoms with E-state index in [-0.39, 0.29) is 16.4 Å². The summed E-state index contributed by atoms with van der Waals surface area (Å²) in [6, 6.07) is 11.5. The minimum Gasteiger partial charge on any atom is -0.389 e. The number of nitrogens with zero attached hydrogens (tertiary/aromatic N) is 1.